The van der Waals surface area contributed by atoms with Gasteiger partial charge in [-0.2, -0.15) is 0 Å². The molecule has 0 aliphatic heterocycles. The number of anilines is 1. The van der Waals surface area contributed by atoms with Crippen molar-refractivity contribution in [1.82, 2.24) is 4.57 Å². The average Bonchev–Trinajstić information content (AvgIpc) is 2.86. The summed E-state index contributed by atoms with van der Waals surface area (Å²) < 4.78 is 33.8. The first-order valence-corrected chi connectivity index (χ1v) is 11.0. The lowest BCUT2D eigenvalue weighted by atomic mass is 10.1. The SMILES string of the molecule is COCCCn1c(C)c(C)c(S(=O)(=O)c2ccccc2)c1NC(=O)CC(C)C. The van der Waals surface area contributed by atoms with Crippen LogP contribution in [0.2, 0.25) is 0 Å². The number of nitrogens with one attached hydrogen (secondary N) is 1. The third-order valence-electron chi connectivity index (χ3n) is 4.68. The Kier molecular flexibility index (Phi) is 7.43. The number of carbonyl (C=O) groups excluding carboxylic acids is 1. The van der Waals surface area contributed by atoms with Crippen molar-refractivity contribution < 1.29 is 17.9 Å². The Bertz CT molecular complexity index is 916. The maximum absolute atomic E-state index is 13.4. The molecule has 1 aromatic heterocycles. The molecule has 6 nitrogen and oxygen atoms in total. The van der Waals surface area contributed by atoms with Crippen LogP contribution in [0.5, 0.6) is 0 Å². The number of carbonyl (C=O) groups is 1. The van der Waals surface area contributed by atoms with Crippen LogP contribution in [-0.4, -0.2) is 32.6 Å². The van der Waals surface area contributed by atoms with Crippen LogP contribution >= 0.6 is 0 Å². The van der Waals surface area contributed by atoms with E-state index < -0.39 is 9.84 Å². The lowest BCUT2D eigenvalue weighted by Crippen LogP contribution is -2.19. The molecule has 0 aliphatic rings. The minimum atomic E-state index is -3.77. The highest BCUT2D eigenvalue weighted by molar-refractivity contribution is 7.91. The van der Waals surface area contributed by atoms with Gasteiger partial charge in [0.2, 0.25) is 15.7 Å². The van der Waals surface area contributed by atoms with Crippen molar-refractivity contribution in [2.45, 2.75) is 56.9 Å². The van der Waals surface area contributed by atoms with Crippen LogP contribution in [0.15, 0.2) is 40.1 Å². The monoisotopic (exact) mass is 406 g/mol. The van der Waals surface area contributed by atoms with Crippen LogP contribution in [-0.2, 0) is 25.9 Å². The van der Waals surface area contributed by atoms with Gasteiger partial charge in [0.25, 0.3) is 0 Å². The third kappa shape index (κ3) is 4.83. The number of amides is 1. The Labute approximate surface area is 167 Å². The number of nitrogens with zero attached hydrogens (tertiary/aromatic N) is 1. The van der Waals surface area contributed by atoms with Crippen molar-refractivity contribution in [2.24, 2.45) is 5.92 Å². The van der Waals surface area contributed by atoms with E-state index in [9.17, 15) is 13.2 Å². The Balaban J connectivity index is 2.60. The molecule has 2 rings (SSSR count). The minimum absolute atomic E-state index is 0.172. The van der Waals surface area contributed by atoms with Crippen LogP contribution in [0.25, 0.3) is 0 Å². The molecule has 1 heterocycles. The zero-order valence-electron chi connectivity index (χ0n) is 17.3. The molecule has 0 fully saturated rings. The number of methoxy groups -OCH3 is 1. The predicted molar refractivity (Wildman–Crippen MR) is 110 cm³/mol. The van der Waals surface area contributed by atoms with Crippen molar-refractivity contribution >= 4 is 21.6 Å². The Morgan fingerprint density at radius 2 is 1.82 bits per heavy atom. The van der Waals surface area contributed by atoms with Gasteiger partial charge in [0.15, 0.2) is 0 Å². The molecule has 0 radical (unpaired) electrons. The fourth-order valence-electron chi connectivity index (χ4n) is 3.21. The van der Waals surface area contributed by atoms with Gasteiger partial charge in [0.05, 0.1) is 4.90 Å². The van der Waals surface area contributed by atoms with E-state index >= 15 is 0 Å². The predicted octanol–water partition coefficient (Wildman–Crippen LogP) is 3.96. The van der Waals surface area contributed by atoms with E-state index in [0.717, 1.165) is 5.69 Å². The second kappa shape index (κ2) is 9.39. The summed E-state index contributed by atoms with van der Waals surface area (Å²) in [7, 11) is -2.14. The smallest absolute Gasteiger partial charge is 0.225 e. The van der Waals surface area contributed by atoms with E-state index in [1.54, 1.807) is 44.4 Å². The van der Waals surface area contributed by atoms with Gasteiger partial charge in [0.1, 0.15) is 10.7 Å². The number of ether oxygens (including phenoxy) is 1. The van der Waals surface area contributed by atoms with Gasteiger partial charge >= 0.3 is 0 Å². The summed E-state index contributed by atoms with van der Waals surface area (Å²) in [4.78, 5) is 12.9. The van der Waals surface area contributed by atoms with Crippen LogP contribution in [0, 0.1) is 19.8 Å². The average molecular weight is 407 g/mol. The molecular formula is C21H30N2O4S. The highest BCUT2D eigenvalue weighted by Crippen LogP contribution is 2.35. The van der Waals surface area contributed by atoms with Gasteiger partial charge in [0, 0.05) is 32.4 Å². The molecule has 1 N–H and O–H groups in total. The van der Waals surface area contributed by atoms with E-state index in [1.165, 1.54) is 0 Å². The Morgan fingerprint density at radius 3 is 2.39 bits per heavy atom. The topological polar surface area (TPSA) is 77.4 Å². The molecule has 1 amide bonds. The lowest BCUT2D eigenvalue weighted by Gasteiger charge is -2.15. The first-order chi connectivity index (χ1) is 13.2. The zero-order chi connectivity index (χ0) is 20.9. The molecule has 28 heavy (non-hydrogen) atoms. The first-order valence-electron chi connectivity index (χ1n) is 9.48. The van der Waals surface area contributed by atoms with Crippen molar-refractivity contribution in [1.29, 1.82) is 0 Å². The van der Waals surface area contributed by atoms with Gasteiger partial charge < -0.3 is 14.6 Å². The number of rotatable bonds is 9. The Hall–Kier alpha value is -2.12. The molecule has 0 saturated heterocycles. The molecule has 7 heteroatoms. The fraction of sp³-hybridized carbons (Fsp3) is 0.476. The van der Waals surface area contributed by atoms with E-state index in [2.05, 4.69) is 5.32 Å². The van der Waals surface area contributed by atoms with Crippen molar-refractivity contribution in [2.75, 3.05) is 19.0 Å². The van der Waals surface area contributed by atoms with Crippen LogP contribution in [0.4, 0.5) is 5.82 Å². The molecule has 0 aliphatic carbocycles. The van der Waals surface area contributed by atoms with Crippen LogP contribution < -0.4 is 5.32 Å². The van der Waals surface area contributed by atoms with E-state index in [4.69, 9.17) is 4.74 Å². The molecular weight excluding hydrogens is 376 g/mol. The normalized spacial score (nSPS) is 11.8. The summed E-state index contributed by atoms with van der Waals surface area (Å²) in [6.45, 7) is 8.68. The molecule has 2 aromatic rings. The summed E-state index contributed by atoms with van der Waals surface area (Å²) in [5.74, 6) is 0.332. The van der Waals surface area contributed by atoms with E-state index in [-0.39, 0.29) is 21.6 Å². The summed E-state index contributed by atoms with van der Waals surface area (Å²) >= 11 is 0. The third-order valence-corrected chi connectivity index (χ3v) is 6.61. The van der Waals surface area contributed by atoms with Gasteiger partial charge in [-0.3, -0.25) is 4.79 Å². The second-order valence-corrected chi connectivity index (χ2v) is 9.24. The second-order valence-electron chi connectivity index (χ2n) is 7.35. The molecule has 1 aromatic carbocycles. The first kappa shape index (κ1) is 22.2. The van der Waals surface area contributed by atoms with Gasteiger partial charge in [-0.25, -0.2) is 8.42 Å². The van der Waals surface area contributed by atoms with Crippen LogP contribution in [0.3, 0.4) is 0 Å². The fourth-order valence-corrected chi connectivity index (χ4v) is 4.92. The number of aromatic nitrogens is 1. The van der Waals surface area contributed by atoms with Gasteiger partial charge in [-0.05, 0) is 43.9 Å². The lowest BCUT2D eigenvalue weighted by molar-refractivity contribution is -0.116. The van der Waals surface area contributed by atoms with Crippen molar-refractivity contribution in [3.8, 4) is 0 Å². The van der Waals surface area contributed by atoms with Gasteiger partial charge in [-0.15, -0.1) is 0 Å². The molecule has 0 spiro atoms. The number of hydrogen-bond donors (Lipinski definition) is 1. The van der Waals surface area contributed by atoms with Crippen LogP contribution in [0.1, 0.15) is 37.9 Å². The standard InChI is InChI=1S/C21H30N2O4S/c1-15(2)14-19(24)22-21-20(28(25,26)18-10-7-6-8-11-18)16(3)17(4)23(21)12-9-13-27-5/h6-8,10-11,15H,9,12-14H2,1-5H3,(H,22,24). The summed E-state index contributed by atoms with van der Waals surface area (Å²) in [6.07, 6.45) is 1.04. The summed E-state index contributed by atoms with van der Waals surface area (Å²) in [5.41, 5.74) is 1.48. The maximum atomic E-state index is 13.4. The van der Waals surface area contributed by atoms with E-state index in [1.807, 2.05) is 25.3 Å². The maximum Gasteiger partial charge on any atom is 0.225 e. The molecule has 154 valence electrons. The number of hydrogen-bond acceptors (Lipinski definition) is 4. The zero-order valence-corrected chi connectivity index (χ0v) is 18.1. The molecule has 0 bridgehead atoms. The summed E-state index contributed by atoms with van der Waals surface area (Å²) in [5, 5.41) is 2.88. The van der Waals surface area contributed by atoms with Crippen molar-refractivity contribution in [3.05, 3.63) is 41.6 Å². The highest BCUT2D eigenvalue weighted by atomic mass is 32.2. The number of sulfone groups is 1. The Morgan fingerprint density at radius 1 is 1.18 bits per heavy atom. The minimum Gasteiger partial charge on any atom is -0.385 e. The molecule has 0 atom stereocenters. The van der Waals surface area contributed by atoms with E-state index in [0.29, 0.717) is 37.4 Å². The molecule has 0 saturated carbocycles. The van der Waals surface area contributed by atoms with Gasteiger partial charge in [-0.1, -0.05) is 32.0 Å². The quantitative estimate of drug-likeness (QED) is 0.640. The highest BCUT2D eigenvalue weighted by Gasteiger charge is 2.30. The summed E-state index contributed by atoms with van der Waals surface area (Å²) in [6, 6.07) is 8.32. The molecule has 0 unspecified atom stereocenters. The largest absolute Gasteiger partial charge is 0.385 e. The van der Waals surface area contributed by atoms with Crippen molar-refractivity contribution in [3.63, 3.8) is 0 Å². The number of benzene rings is 1.